The Labute approximate surface area is 174 Å². The molecule has 0 bridgehead atoms. The Hall–Kier alpha value is -2.82. The van der Waals surface area contributed by atoms with Crippen LogP contribution in [0.1, 0.15) is 42.5 Å². The molecule has 1 atom stereocenters. The molecule has 1 unspecified atom stereocenters. The Balaban J connectivity index is 2.27. The van der Waals surface area contributed by atoms with Gasteiger partial charge in [-0.15, -0.1) is 0 Å². The summed E-state index contributed by atoms with van der Waals surface area (Å²) in [7, 11) is 1.61. The van der Waals surface area contributed by atoms with Crippen molar-refractivity contribution >= 4 is 11.8 Å². The van der Waals surface area contributed by atoms with E-state index >= 15 is 0 Å². The van der Waals surface area contributed by atoms with Crippen LogP contribution < -0.4 is 10.1 Å². The van der Waals surface area contributed by atoms with E-state index in [1.807, 2.05) is 63.2 Å². The van der Waals surface area contributed by atoms with Crippen LogP contribution in [0.3, 0.4) is 0 Å². The molecule has 2 rings (SSSR count). The lowest BCUT2D eigenvalue weighted by atomic mass is 10.0. The van der Waals surface area contributed by atoms with Gasteiger partial charge in [-0.05, 0) is 56.0 Å². The first kappa shape index (κ1) is 22.5. The van der Waals surface area contributed by atoms with Gasteiger partial charge >= 0.3 is 0 Å². The number of hydrogen-bond donors (Lipinski definition) is 1. The van der Waals surface area contributed by atoms with E-state index in [9.17, 15) is 9.59 Å². The summed E-state index contributed by atoms with van der Waals surface area (Å²) >= 11 is 0. The molecule has 0 aliphatic rings. The lowest BCUT2D eigenvalue weighted by Crippen LogP contribution is -2.48. The van der Waals surface area contributed by atoms with Gasteiger partial charge in [0.15, 0.2) is 0 Å². The molecule has 0 spiro atoms. The molecule has 1 N–H and O–H groups in total. The van der Waals surface area contributed by atoms with Gasteiger partial charge in [0.2, 0.25) is 11.8 Å². The highest BCUT2D eigenvalue weighted by atomic mass is 16.5. The van der Waals surface area contributed by atoms with Crippen LogP contribution in [0.5, 0.6) is 5.75 Å². The van der Waals surface area contributed by atoms with Crippen LogP contribution in [0.4, 0.5) is 0 Å². The zero-order chi connectivity index (χ0) is 21.4. The van der Waals surface area contributed by atoms with Crippen LogP contribution in [0, 0.1) is 13.8 Å². The normalized spacial score (nSPS) is 11.6. The molecule has 0 heterocycles. The number of ether oxygens (including phenoxy) is 1. The van der Waals surface area contributed by atoms with Crippen LogP contribution in [-0.4, -0.2) is 36.4 Å². The molecule has 0 radical (unpaired) electrons. The highest BCUT2D eigenvalue weighted by Gasteiger charge is 2.26. The predicted octanol–water partition coefficient (Wildman–Crippen LogP) is 3.80. The second kappa shape index (κ2) is 10.6. The maximum absolute atomic E-state index is 13.3. The molecule has 0 saturated carbocycles. The predicted molar refractivity (Wildman–Crippen MR) is 116 cm³/mol. The van der Waals surface area contributed by atoms with E-state index < -0.39 is 6.04 Å². The molecule has 5 heteroatoms. The molecule has 0 aliphatic heterocycles. The van der Waals surface area contributed by atoms with Crippen molar-refractivity contribution in [1.82, 2.24) is 10.2 Å². The van der Waals surface area contributed by atoms with Gasteiger partial charge in [0.25, 0.3) is 0 Å². The smallest absolute Gasteiger partial charge is 0.242 e. The third kappa shape index (κ3) is 6.34. The van der Waals surface area contributed by atoms with E-state index in [-0.39, 0.29) is 18.2 Å². The molecule has 29 heavy (non-hydrogen) atoms. The quantitative estimate of drug-likeness (QED) is 0.701. The molecule has 0 aliphatic carbocycles. The van der Waals surface area contributed by atoms with E-state index in [4.69, 9.17) is 4.74 Å². The summed E-state index contributed by atoms with van der Waals surface area (Å²) in [6, 6.07) is 13.1. The molecule has 2 amide bonds. The molecule has 2 aromatic rings. The first-order valence-electron chi connectivity index (χ1n) is 10.1. The maximum Gasteiger partial charge on any atom is 0.242 e. The van der Waals surface area contributed by atoms with E-state index in [1.165, 1.54) is 0 Å². The SMILES string of the molecule is CCCNC(=O)C(C)N(Cc1cccc(OC)c1)C(=O)Cc1cc(C)ccc1C. The van der Waals surface area contributed by atoms with Crippen LogP contribution >= 0.6 is 0 Å². The van der Waals surface area contributed by atoms with Gasteiger partial charge in [0.1, 0.15) is 11.8 Å². The Bertz CT molecular complexity index is 848. The third-order valence-electron chi connectivity index (χ3n) is 5.05. The van der Waals surface area contributed by atoms with Crippen molar-refractivity contribution in [2.75, 3.05) is 13.7 Å². The molecule has 0 saturated heterocycles. The molecule has 0 aromatic heterocycles. The van der Waals surface area contributed by atoms with Crippen LogP contribution in [0.25, 0.3) is 0 Å². The number of aryl methyl sites for hydroxylation is 2. The van der Waals surface area contributed by atoms with Gasteiger partial charge in [0.05, 0.1) is 13.5 Å². The summed E-state index contributed by atoms with van der Waals surface area (Å²) < 4.78 is 5.30. The number of amides is 2. The average molecular weight is 397 g/mol. The van der Waals surface area contributed by atoms with E-state index in [0.29, 0.717) is 13.1 Å². The fourth-order valence-electron chi connectivity index (χ4n) is 3.20. The third-order valence-corrected chi connectivity index (χ3v) is 5.05. The lowest BCUT2D eigenvalue weighted by Gasteiger charge is -2.29. The Morgan fingerprint density at radius 3 is 2.59 bits per heavy atom. The summed E-state index contributed by atoms with van der Waals surface area (Å²) in [4.78, 5) is 27.5. The van der Waals surface area contributed by atoms with Gasteiger partial charge in [0, 0.05) is 13.1 Å². The topological polar surface area (TPSA) is 58.6 Å². The lowest BCUT2D eigenvalue weighted by molar-refractivity contribution is -0.140. The number of nitrogens with one attached hydrogen (secondary N) is 1. The van der Waals surface area contributed by atoms with Crippen molar-refractivity contribution in [1.29, 1.82) is 0 Å². The van der Waals surface area contributed by atoms with Crippen molar-refractivity contribution in [3.63, 3.8) is 0 Å². The van der Waals surface area contributed by atoms with Crippen molar-refractivity contribution in [2.45, 2.75) is 53.1 Å². The van der Waals surface area contributed by atoms with Gasteiger partial charge in [-0.2, -0.15) is 0 Å². The summed E-state index contributed by atoms with van der Waals surface area (Å²) in [5.74, 6) is 0.525. The number of rotatable bonds is 9. The zero-order valence-corrected chi connectivity index (χ0v) is 18.1. The number of carbonyl (C=O) groups excluding carboxylic acids is 2. The fourth-order valence-corrected chi connectivity index (χ4v) is 3.20. The summed E-state index contributed by atoms with van der Waals surface area (Å²) in [6.45, 7) is 8.76. The molecule has 5 nitrogen and oxygen atoms in total. The van der Waals surface area contributed by atoms with E-state index in [1.54, 1.807) is 18.9 Å². The number of carbonyl (C=O) groups is 2. The first-order chi connectivity index (χ1) is 13.8. The van der Waals surface area contributed by atoms with Crippen molar-refractivity contribution in [2.24, 2.45) is 0 Å². The van der Waals surface area contributed by atoms with Gasteiger partial charge in [-0.3, -0.25) is 9.59 Å². The molecule has 0 fully saturated rings. The standard InChI is InChI=1S/C24H32N2O3/c1-6-12-25-24(28)19(4)26(16-20-8-7-9-22(14-20)29-5)23(27)15-21-13-17(2)10-11-18(21)3/h7-11,13-14,19H,6,12,15-16H2,1-5H3,(H,25,28). The highest BCUT2D eigenvalue weighted by Crippen LogP contribution is 2.18. The van der Waals surface area contributed by atoms with Crippen molar-refractivity contribution in [3.05, 3.63) is 64.7 Å². The number of methoxy groups -OCH3 is 1. The van der Waals surface area contributed by atoms with Gasteiger partial charge in [-0.1, -0.05) is 42.8 Å². The molecule has 156 valence electrons. The van der Waals surface area contributed by atoms with Gasteiger partial charge < -0.3 is 15.0 Å². The minimum Gasteiger partial charge on any atom is -0.497 e. The van der Waals surface area contributed by atoms with E-state index in [2.05, 4.69) is 5.32 Å². The number of benzene rings is 2. The first-order valence-corrected chi connectivity index (χ1v) is 10.1. The molecule has 2 aromatic carbocycles. The Morgan fingerprint density at radius 1 is 1.14 bits per heavy atom. The van der Waals surface area contributed by atoms with E-state index in [0.717, 1.165) is 34.4 Å². The minimum absolute atomic E-state index is 0.0688. The van der Waals surface area contributed by atoms with Crippen molar-refractivity contribution < 1.29 is 14.3 Å². The van der Waals surface area contributed by atoms with Crippen molar-refractivity contribution in [3.8, 4) is 5.75 Å². The monoisotopic (exact) mass is 396 g/mol. The van der Waals surface area contributed by atoms with Crippen LogP contribution in [0.2, 0.25) is 0 Å². The second-order valence-corrected chi connectivity index (χ2v) is 7.45. The molecular weight excluding hydrogens is 364 g/mol. The summed E-state index contributed by atoms with van der Waals surface area (Å²) in [6.07, 6.45) is 1.12. The Kier molecular flexibility index (Phi) is 8.25. The van der Waals surface area contributed by atoms with Crippen LogP contribution in [-0.2, 0) is 22.6 Å². The maximum atomic E-state index is 13.3. The number of nitrogens with zero attached hydrogens (tertiary/aromatic N) is 1. The highest BCUT2D eigenvalue weighted by molar-refractivity contribution is 5.88. The zero-order valence-electron chi connectivity index (χ0n) is 18.1. The second-order valence-electron chi connectivity index (χ2n) is 7.45. The Morgan fingerprint density at radius 2 is 1.90 bits per heavy atom. The van der Waals surface area contributed by atoms with Gasteiger partial charge in [-0.25, -0.2) is 0 Å². The fraction of sp³-hybridized carbons (Fsp3) is 0.417. The largest absolute Gasteiger partial charge is 0.497 e. The van der Waals surface area contributed by atoms with Crippen LogP contribution in [0.15, 0.2) is 42.5 Å². The summed E-state index contributed by atoms with van der Waals surface area (Å²) in [5, 5.41) is 2.90. The summed E-state index contributed by atoms with van der Waals surface area (Å²) in [5.41, 5.74) is 4.11. The molecular formula is C24H32N2O3. The minimum atomic E-state index is -0.564. The number of hydrogen-bond acceptors (Lipinski definition) is 3. The average Bonchev–Trinajstić information content (AvgIpc) is 2.72.